The molecule has 4 rings (SSSR count). The van der Waals surface area contributed by atoms with Gasteiger partial charge in [0.1, 0.15) is 0 Å². The summed E-state index contributed by atoms with van der Waals surface area (Å²) in [7, 11) is 2.03. The molecule has 7 heteroatoms. The van der Waals surface area contributed by atoms with E-state index in [0.717, 1.165) is 28.5 Å². The predicted octanol–water partition coefficient (Wildman–Crippen LogP) is 3.72. The first-order valence-corrected chi connectivity index (χ1v) is 8.55. The lowest BCUT2D eigenvalue weighted by molar-refractivity contribution is 0.174. The van der Waals surface area contributed by atoms with Crippen molar-refractivity contribution in [1.82, 2.24) is 15.1 Å². The van der Waals surface area contributed by atoms with Crippen LogP contribution in [0.25, 0.3) is 10.8 Å². The van der Waals surface area contributed by atoms with E-state index in [1.807, 2.05) is 42.8 Å². The van der Waals surface area contributed by atoms with Crippen LogP contribution in [0.3, 0.4) is 0 Å². The number of nitrogens with zero attached hydrogens (tertiary/aromatic N) is 3. The normalized spacial score (nSPS) is 14.3. The Morgan fingerprint density at radius 2 is 2.08 bits per heavy atom. The molecule has 0 saturated heterocycles. The van der Waals surface area contributed by atoms with E-state index in [4.69, 9.17) is 13.9 Å². The molecule has 124 valence electrons. The van der Waals surface area contributed by atoms with Crippen LogP contribution in [0.1, 0.15) is 24.4 Å². The summed E-state index contributed by atoms with van der Waals surface area (Å²) in [6.07, 6.45) is 0. The molecule has 1 aliphatic rings. The molecule has 0 aliphatic carbocycles. The third kappa shape index (κ3) is 2.88. The Kier molecular flexibility index (Phi) is 3.95. The van der Waals surface area contributed by atoms with E-state index < -0.39 is 0 Å². The molecule has 2 aromatic heterocycles. The minimum atomic E-state index is 0.0108. The molecule has 0 N–H and O–H groups in total. The standard InChI is InChI=1S/C17H17N3O3S/c1-11(16-18-19-17(23-16)15-4-3-7-24-15)20(2)9-12-5-6-13-14(8-12)22-10-21-13/h3-8,11H,9-10H2,1-2H3/t11-/m0/s1. The van der Waals surface area contributed by atoms with Gasteiger partial charge in [-0.25, -0.2) is 0 Å². The molecule has 3 heterocycles. The molecular formula is C17H17N3O3S. The number of hydrogen-bond donors (Lipinski definition) is 0. The SMILES string of the molecule is C[C@@H](c1nnc(-c2cccs2)o1)N(C)Cc1ccc2c(c1)OCO2. The average molecular weight is 343 g/mol. The maximum atomic E-state index is 5.82. The summed E-state index contributed by atoms with van der Waals surface area (Å²) >= 11 is 1.59. The largest absolute Gasteiger partial charge is 0.454 e. The molecule has 24 heavy (non-hydrogen) atoms. The average Bonchev–Trinajstić information content (AvgIpc) is 3.32. The summed E-state index contributed by atoms with van der Waals surface area (Å²) in [6.45, 7) is 3.09. The summed E-state index contributed by atoms with van der Waals surface area (Å²) in [5.41, 5.74) is 1.14. The summed E-state index contributed by atoms with van der Waals surface area (Å²) in [5, 5.41) is 10.3. The highest BCUT2D eigenvalue weighted by atomic mass is 32.1. The van der Waals surface area contributed by atoms with Crippen molar-refractivity contribution in [2.75, 3.05) is 13.8 Å². The zero-order valence-electron chi connectivity index (χ0n) is 13.4. The molecule has 0 unspecified atom stereocenters. The second kappa shape index (κ2) is 6.26. The lowest BCUT2D eigenvalue weighted by Crippen LogP contribution is -2.22. The molecule has 1 aliphatic heterocycles. The van der Waals surface area contributed by atoms with Crippen LogP contribution in [0.5, 0.6) is 11.5 Å². The summed E-state index contributed by atoms with van der Waals surface area (Å²) < 4.78 is 16.6. The summed E-state index contributed by atoms with van der Waals surface area (Å²) in [6, 6.07) is 9.95. The van der Waals surface area contributed by atoms with Gasteiger partial charge >= 0.3 is 0 Å². The second-order valence-corrected chi connectivity index (χ2v) is 6.65. The van der Waals surface area contributed by atoms with Gasteiger partial charge in [0, 0.05) is 6.54 Å². The monoisotopic (exact) mass is 343 g/mol. The Morgan fingerprint density at radius 1 is 1.21 bits per heavy atom. The van der Waals surface area contributed by atoms with Crippen LogP contribution in [0.2, 0.25) is 0 Å². The van der Waals surface area contributed by atoms with E-state index in [1.54, 1.807) is 11.3 Å². The molecule has 0 spiro atoms. The third-order valence-electron chi connectivity index (χ3n) is 4.06. The topological polar surface area (TPSA) is 60.6 Å². The number of ether oxygens (including phenoxy) is 2. The van der Waals surface area contributed by atoms with Crippen LogP contribution in [0, 0.1) is 0 Å². The molecule has 0 radical (unpaired) electrons. The number of thiophene rings is 1. The van der Waals surface area contributed by atoms with Crippen LogP contribution >= 0.6 is 11.3 Å². The van der Waals surface area contributed by atoms with Gasteiger partial charge in [-0.3, -0.25) is 4.90 Å². The zero-order valence-corrected chi connectivity index (χ0v) is 14.2. The van der Waals surface area contributed by atoms with Gasteiger partial charge in [0.2, 0.25) is 12.7 Å². The van der Waals surface area contributed by atoms with Crippen LogP contribution in [0.15, 0.2) is 40.1 Å². The highest BCUT2D eigenvalue weighted by Crippen LogP contribution is 2.33. The number of fused-ring (bicyclic) bond motifs is 1. The lowest BCUT2D eigenvalue weighted by atomic mass is 10.1. The maximum Gasteiger partial charge on any atom is 0.257 e. The Bertz CT molecular complexity index is 831. The van der Waals surface area contributed by atoms with E-state index in [2.05, 4.69) is 22.0 Å². The van der Waals surface area contributed by atoms with Crippen molar-refractivity contribution in [3.63, 3.8) is 0 Å². The van der Waals surface area contributed by atoms with Gasteiger partial charge in [0.15, 0.2) is 11.5 Å². The number of benzene rings is 1. The van der Waals surface area contributed by atoms with Crippen LogP contribution in [-0.4, -0.2) is 28.9 Å². The first-order chi connectivity index (χ1) is 11.7. The molecule has 6 nitrogen and oxygen atoms in total. The minimum Gasteiger partial charge on any atom is -0.454 e. The van der Waals surface area contributed by atoms with Gasteiger partial charge in [0.05, 0.1) is 10.9 Å². The van der Waals surface area contributed by atoms with E-state index in [1.165, 1.54) is 0 Å². The van der Waals surface area contributed by atoms with Crippen molar-refractivity contribution in [3.8, 4) is 22.3 Å². The Labute approximate surface area is 143 Å². The maximum absolute atomic E-state index is 5.82. The number of rotatable bonds is 5. The third-order valence-corrected chi connectivity index (χ3v) is 4.92. The van der Waals surface area contributed by atoms with E-state index in [9.17, 15) is 0 Å². The van der Waals surface area contributed by atoms with Gasteiger partial charge in [0.25, 0.3) is 5.89 Å². The molecule has 3 aromatic rings. The van der Waals surface area contributed by atoms with Crippen molar-refractivity contribution in [3.05, 3.63) is 47.2 Å². The van der Waals surface area contributed by atoms with Crippen LogP contribution in [0.4, 0.5) is 0 Å². The van der Waals surface area contributed by atoms with Crippen molar-refractivity contribution in [2.45, 2.75) is 19.5 Å². The fourth-order valence-corrected chi connectivity index (χ4v) is 3.20. The van der Waals surface area contributed by atoms with Crippen molar-refractivity contribution >= 4 is 11.3 Å². The summed E-state index contributed by atoms with van der Waals surface area (Å²) in [5.74, 6) is 2.78. The van der Waals surface area contributed by atoms with Crippen molar-refractivity contribution in [1.29, 1.82) is 0 Å². The summed E-state index contributed by atoms with van der Waals surface area (Å²) in [4.78, 5) is 3.14. The highest BCUT2D eigenvalue weighted by Gasteiger charge is 2.21. The van der Waals surface area contributed by atoms with E-state index in [-0.39, 0.29) is 6.04 Å². The molecule has 0 amide bonds. The van der Waals surface area contributed by atoms with Gasteiger partial charge in [-0.15, -0.1) is 21.5 Å². The molecule has 0 fully saturated rings. The fraction of sp³-hybridized carbons (Fsp3) is 0.294. The predicted molar refractivity (Wildman–Crippen MR) is 90.1 cm³/mol. The highest BCUT2D eigenvalue weighted by molar-refractivity contribution is 7.13. The molecule has 0 saturated carbocycles. The fourth-order valence-electron chi connectivity index (χ4n) is 2.56. The first kappa shape index (κ1) is 15.2. The number of hydrogen-bond acceptors (Lipinski definition) is 7. The lowest BCUT2D eigenvalue weighted by Gasteiger charge is -2.21. The quantitative estimate of drug-likeness (QED) is 0.704. The number of aromatic nitrogens is 2. The van der Waals surface area contributed by atoms with Gasteiger partial charge in [-0.2, -0.15) is 0 Å². The molecule has 0 bridgehead atoms. The molecule has 1 aromatic carbocycles. The Balaban J connectivity index is 1.47. The van der Waals surface area contributed by atoms with Gasteiger partial charge in [-0.1, -0.05) is 12.1 Å². The Morgan fingerprint density at radius 3 is 2.92 bits per heavy atom. The zero-order chi connectivity index (χ0) is 16.5. The second-order valence-electron chi connectivity index (χ2n) is 5.70. The smallest absolute Gasteiger partial charge is 0.257 e. The van der Waals surface area contributed by atoms with Gasteiger partial charge < -0.3 is 13.9 Å². The molecular weight excluding hydrogens is 326 g/mol. The van der Waals surface area contributed by atoms with E-state index >= 15 is 0 Å². The van der Waals surface area contributed by atoms with Crippen LogP contribution < -0.4 is 9.47 Å². The minimum absolute atomic E-state index is 0.0108. The van der Waals surface area contributed by atoms with Crippen LogP contribution in [-0.2, 0) is 6.54 Å². The first-order valence-electron chi connectivity index (χ1n) is 7.67. The van der Waals surface area contributed by atoms with E-state index in [0.29, 0.717) is 18.6 Å². The van der Waals surface area contributed by atoms with Gasteiger partial charge in [-0.05, 0) is 43.1 Å². The van der Waals surface area contributed by atoms with Crippen molar-refractivity contribution in [2.24, 2.45) is 0 Å². The Hall–Kier alpha value is -2.38. The van der Waals surface area contributed by atoms with Crippen molar-refractivity contribution < 1.29 is 13.9 Å². The molecule has 1 atom stereocenters.